The molecule has 0 aromatic heterocycles. The van der Waals surface area contributed by atoms with Gasteiger partial charge in [-0.1, -0.05) is 49.0 Å². The molecule has 0 saturated heterocycles. The van der Waals surface area contributed by atoms with Gasteiger partial charge in [-0.05, 0) is 12.4 Å². The van der Waals surface area contributed by atoms with Crippen LogP contribution in [0.2, 0.25) is 0 Å². The third-order valence-electron chi connectivity index (χ3n) is 1.93. The second-order valence-corrected chi connectivity index (χ2v) is 2.98. The minimum Gasteiger partial charge on any atom is -0.404 e. The lowest BCUT2D eigenvalue weighted by atomic mass is 9.81. The monoisotopic (exact) mass is 186 g/mol. The Bertz CT molecular complexity index is 285. The molecule has 1 aromatic carbocycles. The van der Waals surface area contributed by atoms with Crippen LogP contribution in [0.25, 0.3) is 0 Å². The zero-order valence-electron chi connectivity index (χ0n) is 8.32. The Balaban J connectivity index is 2.48. The largest absolute Gasteiger partial charge is 0.404 e. The number of hydrogen-bond donors (Lipinski definition) is 1. The highest BCUT2D eigenvalue weighted by Gasteiger charge is 2.00. The first-order valence-corrected chi connectivity index (χ1v) is 4.61. The Hall–Kier alpha value is -1.64. The van der Waals surface area contributed by atoms with Crippen LogP contribution in [-0.2, 0) is 0 Å². The van der Waals surface area contributed by atoms with Gasteiger partial charge < -0.3 is 10.1 Å². The Kier molecular flexibility index (Phi) is 4.41. The zero-order chi connectivity index (χ0) is 10.2. The molecule has 1 N–H and O–H groups in total. The van der Waals surface area contributed by atoms with Crippen LogP contribution in [0.15, 0.2) is 55.9 Å². The van der Waals surface area contributed by atoms with Crippen molar-refractivity contribution in [2.24, 2.45) is 0 Å². The third-order valence-corrected chi connectivity index (χ3v) is 1.93. The molecule has 0 aliphatic heterocycles. The summed E-state index contributed by atoms with van der Waals surface area (Å²) in [4.78, 5) is 2.08. The van der Waals surface area contributed by atoms with Crippen LogP contribution in [0.1, 0.15) is 0 Å². The van der Waals surface area contributed by atoms with Gasteiger partial charge in [0, 0.05) is 0 Å². The van der Waals surface area contributed by atoms with Crippen molar-refractivity contribution in [2.75, 3.05) is 6.67 Å². The summed E-state index contributed by atoms with van der Waals surface area (Å²) < 4.78 is 0. The van der Waals surface area contributed by atoms with Gasteiger partial charge in [0.05, 0.1) is 6.67 Å². The second-order valence-electron chi connectivity index (χ2n) is 2.98. The summed E-state index contributed by atoms with van der Waals surface area (Å²) in [6.07, 6.45) is 3.50. The second kappa shape index (κ2) is 5.92. The number of nitrogens with zero attached hydrogens (tertiary/aromatic N) is 1. The topological polar surface area (TPSA) is 15.3 Å². The molecule has 0 bridgehead atoms. The van der Waals surface area contributed by atoms with Crippen molar-refractivity contribution < 1.29 is 0 Å². The summed E-state index contributed by atoms with van der Waals surface area (Å²) in [7, 11) is 0.866. The highest BCUT2D eigenvalue weighted by atomic mass is 15.1. The van der Waals surface area contributed by atoms with Gasteiger partial charge in [-0.15, -0.1) is 0 Å². The molecule has 1 rings (SSSR count). The first kappa shape index (κ1) is 10.4. The molecule has 0 aliphatic carbocycles. The Morgan fingerprint density at radius 2 is 2.00 bits per heavy atom. The van der Waals surface area contributed by atoms with Crippen molar-refractivity contribution in [1.82, 2.24) is 10.1 Å². The molecule has 14 heavy (non-hydrogen) atoms. The lowest BCUT2D eigenvalue weighted by Gasteiger charge is -2.18. The molecule has 1 aromatic rings. The van der Waals surface area contributed by atoms with E-state index in [0.717, 1.165) is 14.1 Å². The van der Waals surface area contributed by atoms with Crippen molar-refractivity contribution >= 4 is 12.9 Å². The average Bonchev–Trinajstić information content (AvgIpc) is 2.25. The molecular formula is C11H15BN2. The smallest absolute Gasteiger partial charge is 0.271 e. The summed E-state index contributed by atoms with van der Waals surface area (Å²) in [5.74, 6) is 0. The van der Waals surface area contributed by atoms with Gasteiger partial charge >= 0.3 is 0 Å². The summed E-state index contributed by atoms with van der Waals surface area (Å²) in [6, 6.07) is 10.3. The fourth-order valence-electron chi connectivity index (χ4n) is 1.18. The average molecular weight is 186 g/mol. The number of hydrogen-bond acceptors (Lipinski definition) is 2. The fraction of sp³-hybridized carbons (Fsp3) is 0.0909. The van der Waals surface area contributed by atoms with Crippen LogP contribution in [0.4, 0.5) is 0 Å². The van der Waals surface area contributed by atoms with Gasteiger partial charge in [-0.25, -0.2) is 0 Å². The van der Waals surface area contributed by atoms with Crippen LogP contribution in [-0.4, -0.2) is 18.9 Å². The quantitative estimate of drug-likeness (QED) is 0.522. The number of rotatable bonds is 6. The predicted octanol–water partition coefficient (Wildman–Crippen LogP) is 0.799. The van der Waals surface area contributed by atoms with E-state index in [9.17, 15) is 0 Å². The molecule has 0 fully saturated rings. The van der Waals surface area contributed by atoms with E-state index in [4.69, 9.17) is 0 Å². The van der Waals surface area contributed by atoms with E-state index in [1.54, 1.807) is 6.20 Å². The normalized spacial score (nSPS) is 8.86. The van der Waals surface area contributed by atoms with E-state index in [2.05, 4.69) is 35.4 Å². The maximum atomic E-state index is 3.76. The van der Waals surface area contributed by atoms with Crippen LogP contribution in [0.3, 0.4) is 0 Å². The molecule has 0 unspecified atom stereocenters. The third kappa shape index (κ3) is 3.39. The first-order chi connectivity index (χ1) is 6.86. The number of benzene rings is 1. The molecule has 0 heterocycles. The van der Waals surface area contributed by atoms with Gasteiger partial charge in [-0.2, -0.15) is 0 Å². The molecule has 0 spiro atoms. The van der Waals surface area contributed by atoms with E-state index < -0.39 is 0 Å². The van der Waals surface area contributed by atoms with E-state index in [1.165, 1.54) is 5.46 Å². The summed E-state index contributed by atoms with van der Waals surface area (Å²) >= 11 is 0. The molecule has 0 aliphatic rings. The van der Waals surface area contributed by atoms with Crippen molar-refractivity contribution in [3.8, 4) is 0 Å². The first-order valence-electron chi connectivity index (χ1n) is 4.61. The highest BCUT2D eigenvalue weighted by Crippen LogP contribution is 1.86. The Morgan fingerprint density at radius 1 is 1.29 bits per heavy atom. The van der Waals surface area contributed by atoms with Gasteiger partial charge in [0.1, 0.15) is 0 Å². The van der Waals surface area contributed by atoms with Crippen LogP contribution >= 0.6 is 0 Å². The molecule has 0 saturated carbocycles. The van der Waals surface area contributed by atoms with Crippen molar-refractivity contribution in [2.45, 2.75) is 0 Å². The van der Waals surface area contributed by atoms with Crippen molar-refractivity contribution in [3.63, 3.8) is 0 Å². The molecule has 72 valence electrons. The van der Waals surface area contributed by atoms with Gasteiger partial charge in [0.2, 0.25) is 0 Å². The van der Waals surface area contributed by atoms with E-state index in [1.807, 2.05) is 24.4 Å². The van der Waals surface area contributed by atoms with E-state index in [0.29, 0.717) is 0 Å². The molecule has 0 amide bonds. The van der Waals surface area contributed by atoms with E-state index >= 15 is 0 Å². The predicted molar refractivity (Wildman–Crippen MR) is 63.5 cm³/mol. The van der Waals surface area contributed by atoms with Gasteiger partial charge in [0.15, 0.2) is 0 Å². The standard InChI is InChI=1S/C11H15BN2/c1-3-13-10-14(4-2)12-11-8-6-5-7-9-11/h3-9,12-13H,1-2,10H2. The van der Waals surface area contributed by atoms with Crippen LogP contribution in [0, 0.1) is 0 Å². The molecule has 2 nitrogen and oxygen atoms in total. The minimum absolute atomic E-state index is 0.738. The minimum atomic E-state index is 0.738. The lowest BCUT2D eigenvalue weighted by Crippen LogP contribution is -2.36. The van der Waals surface area contributed by atoms with E-state index in [-0.39, 0.29) is 0 Å². The molecule has 0 atom stereocenters. The highest BCUT2D eigenvalue weighted by molar-refractivity contribution is 6.50. The fourth-order valence-corrected chi connectivity index (χ4v) is 1.18. The summed E-state index contributed by atoms with van der Waals surface area (Å²) in [5, 5.41) is 3.04. The van der Waals surface area contributed by atoms with Crippen molar-refractivity contribution in [1.29, 1.82) is 0 Å². The lowest BCUT2D eigenvalue weighted by molar-refractivity contribution is 0.559. The molecule has 0 radical (unpaired) electrons. The summed E-state index contributed by atoms with van der Waals surface area (Å²) in [5.41, 5.74) is 1.28. The SMILES string of the molecule is C=CNCN(Bc1ccccc1)C=C. The zero-order valence-corrected chi connectivity index (χ0v) is 8.32. The molecular weight excluding hydrogens is 171 g/mol. The van der Waals surface area contributed by atoms with Gasteiger partial charge in [0.25, 0.3) is 7.41 Å². The summed E-state index contributed by atoms with van der Waals surface area (Å²) in [6.45, 7) is 8.10. The number of nitrogens with one attached hydrogen (secondary N) is 1. The Labute approximate surface area is 86.2 Å². The van der Waals surface area contributed by atoms with Crippen molar-refractivity contribution in [3.05, 3.63) is 55.9 Å². The Morgan fingerprint density at radius 3 is 2.57 bits per heavy atom. The maximum Gasteiger partial charge on any atom is 0.271 e. The maximum absolute atomic E-state index is 3.76. The molecule has 3 heteroatoms. The van der Waals surface area contributed by atoms with Crippen LogP contribution < -0.4 is 10.8 Å². The van der Waals surface area contributed by atoms with Crippen LogP contribution in [0.5, 0.6) is 0 Å². The van der Waals surface area contributed by atoms with Gasteiger partial charge in [-0.3, -0.25) is 0 Å².